The number of aryl methyl sites for hydroxylation is 1. The number of hydrogen-bond donors (Lipinski definition) is 3. The van der Waals surface area contributed by atoms with Crippen molar-refractivity contribution in [2.75, 3.05) is 13.2 Å². The summed E-state index contributed by atoms with van der Waals surface area (Å²) in [7, 11) is -3.96. The number of carbonyl (C=O) groups is 1. The van der Waals surface area contributed by atoms with Gasteiger partial charge in [0.05, 0.1) is 17.1 Å². The summed E-state index contributed by atoms with van der Waals surface area (Å²) >= 11 is 0. The molecule has 1 aromatic rings. The van der Waals surface area contributed by atoms with Crippen LogP contribution in [0.4, 0.5) is 4.39 Å². The number of nitrogens with one attached hydrogen (secondary N) is 1. The van der Waals surface area contributed by atoms with Gasteiger partial charge in [-0.3, -0.25) is 0 Å². The van der Waals surface area contributed by atoms with Gasteiger partial charge in [-0.05, 0) is 24.6 Å². The molecule has 0 atom stereocenters. The van der Waals surface area contributed by atoms with E-state index in [1.54, 1.807) is 0 Å². The van der Waals surface area contributed by atoms with Crippen LogP contribution in [0.3, 0.4) is 0 Å². The fourth-order valence-corrected chi connectivity index (χ4v) is 2.44. The van der Waals surface area contributed by atoms with Crippen molar-refractivity contribution >= 4 is 16.0 Å². The van der Waals surface area contributed by atoms with Gasteiger partial charge in [-0.1, -0.05) is 0 Å². The number of carboxylic acid groups (broad SMARTS) is 1. The lowest BCUT2D eigenvalue weighted by Crippen LogP contribution is -2.27. The third-order valence-electron chi connectivity index (χ3n) is 2.17. The Kier molecular flexibility index (Phi) is 4.38. The second kappa shape index (κ2) is 5.42. The van der Waals surface area contributed by atoms with E-state index in [0.29, 0.717) is 0 Å². The largest absolute Gasteiger partial charge is 0.478 e. The van der Waals surface area contributed by atoms with E-state index >= 15 is 0 Å². The Hall–Kier alpha value is -1.51. The molecule has 0 aromatic heterocycles. The lowest BCUT2D eigenvalue weighted by molar-refractivity contribution is 0.0691. The molecule has 0 bridgehead atoms. The van der Waals surface area contributed by atoms with E-state index in [2.05, 4.69) is 0 Å². The van der Waals surface area contributed by atoms with Crippen molar-refractivity contribution in [3.63, 3.8) is 0 Å². The number of sulfonamides is 1. The lowest BCUT2D eigenvalue weighted by Gasteiger charge is -2.08. The number of benzene rings is 1. The van der Waals surface area contributed by atoms with E-state index in [-0.39, 0.29) is 17.0 Å². The Balaban J connectivity index is 3.31. The minimum atomic E-state index is -3.96. The molecule has 0 radical (unpaired) electrons. The minimum Gasteiger partial charge on any atom is -0.478 e. The number of aliphatic hydroxyl groups is 1. The van der Waals surface area contributed by atoms with Crippen LogP contribution in [0.15, 0.2) is 17.0 Å². The third-order valence-corrected chi connectivity index (χ3v) is 3.61. The van der Waals surface area contributed by atoms with Gasteiger partial charge >= 0.3 is 5.97 Å². The number of halogens is 1. The van der Waals surface area contributed by atoms with Crippen LogP contribution < -0.4 is 4.72 Å². The summed E-state index contributed by atoms with van der Waals surface area (Å²) in [5, 5.41) is 17.3. The quantitative estimate of drug-likeness (QED) is 0.708. The van der Waals surface area contributed by atoms with E-state index in [1.807, 2.05) is 4.72 Å². The first kappa shape index (κ1) is 14.6. The second-order valence-corrected chi connectivity index (χ2v) is 5.30. The first-order valence-electron chi connectivity index (χ1n) is 4.93. The maximum Gasteiger partial charge on any atom is 0.338 e. The SMILES string of the molecule is Cc1cc(S(=O)(=O)NCCO)cc(C(=O)O)c1F. The minimum absolute atomic E-state index is 0.0840. The van der Waals surface area contributed by atoms with Gasteiger partial charge < -0.3 is 10.2 Å². The molecular formula is C10H12FNO5S. The third kappa shape index (κ3) is 3.03. The molecule has 6 nitrogen and oxygen atoms in total. The molecule has 0 aliphatic rings. The number of aliphatic hydroxyl groups excluding tert-OH is 1. The van der Waals surface area contributed by atoms with Gasteiger partial charge in [-0.15, -0.1) is 0 Å². The Morgan fingerprint density at radius 1 is 1.44 bits per heavy atom. The van der Waals surface area contributed by atoms with Crippen molar-refractivity contribution in [3.8, 4) is 0 Å². The van der Waals surface area contributed by atoms with Gasteiger partial charge in [0.15, 0.2) is 0 Å². The van der Waals surface area contributed by atoms with Crippen LogP contribution in [0.25, 0.3) is 0 Å². The zero-order valence-corrected chi connectivity index (χ0v) is 10.3. The zero-order chi connectivity index (χ0) is 13.9. The van der Waals surface area contributed by atoms with E-state index in [0.717, 1.165) is 12.1 Å². The highest BCUT2D eigenvalue weighted by Crippen LogP contribution is 2.19. The summed E-state index contributed by atoms with van der Waals surface area (Å²) in [4.78, 5) is 10.4. The van der Waals surface area contributed by atoms with E-state index < -0.39 is 34.0 Å². The molecule has 0 saturated heterocycles. The van der Waals surface area contributed by atoms with Crippen molar-refractivity contribution in [3.05, 3.63) is 29.1 Å². The normalized spacial score (nSPS) is 11.5. The summed E-state index contributed by atoms with van der Waals surface area (Å²) < 4.78 is 38.9. The smallest absolute Gasteiger partial charge is 0.338 e. The van der Waals surface area contributed by atoms with E-state index in [9.17, 15) is 17.6 Å². The molecule has 18 heavy (non-hydrogen) atoms. The van der Waals surface area contributed by atoms with Crippen molar-refractivity contribution in [1.29, 1.82) is 0 Å². The van der Waals surface area contributed by atoms with Gasteiger partial charge in [0, 0.05) is 6.54 Å². The molecule has 0 spiro atoms. The fourth-order valence-electron chi connectivity index (χ4n) is 1.31. The van der Waals surface area contributed by atoms with Crippen LogP contribution in [-0.2, 0) is 10.0 Å². The topological polar surface area (TPSA) is 104 Å². The van der Waals surface area contributed by atoms with Crippen LogP contribution in [0, 0.1) is 12.7 Å². The highest BCUT2D eigenvalue weighted by Gasteiger charge is 2.20. The van der Waals surface area contributed by atoms with Gasteiger partial charge in [0.25, 0.3) is 0 Å². The first-order valence-corrected chi connectivity index (χ1v) is 6.42. The van der Waals surface area contributed by atoms with E-state index in [1.165, 1.54) is 6.92 Å². The predicted octanol–water partition coefficient (Wildman–Crippen LogP) is 0.103. The van der Waals surface area contributed by atoms with E-state index in [4.69, 9.17) is 10.2 Å². The van der Waals surface area contributed by atoms with Crippen molar-refractivity contribution in [2.45, 2.75) is 11.8 Å². The molecule has 0 aliphatic carbocycles. The Morgan fingerprint density at radius 2 is 2.06 bits per heavy atom. The van der Waals surface area contributed by atoms with Crippen LogP contribution >= 0.6 is 0 Å². The second-order valence-electron chi connectivity index (χ2n) is 3.53. The van der Waals surface area contributed by atoms with Crippen LogP contribution in [0.2, 0.25) is 0 Å². The molecule has 0 heterocycles. The molecule has 0 aliphatic heterocycles. The highest BCUT2D eigenvalue weighted by atomic mass is 32.2. The molecule has 3 N–H and O–H groups in total. The predicted molar refractivity (Wildman–Crippen MR) is 60.4 cm³/mol. The molecule has 0 unspecified atom stereocenters. The van der Waals surface area contributed by atoms with Crippen LogP contribution in [0.1, 0.15) is 15.9 Å². The summed E-state index contributed by atoms with van der Waals surface area (Å²) in [6.45, 7) is 0.666. The molecule has 100 valence electrons. The molecule has 0 amide bonds. The fraction of sp³-hybridized carbons (Fsp3) is 0.300. The monoisotopic (exact) mass is 277 g/mol. The summed E-state index contributed by atoms with van der Waals surface area (Å²) in [5.41, 5.74) is -0.793. The summed E-state index contributed by atoms with van der Waals surface area (Å²) in [5.74, 6) is -2.52. The standard InChI is InChI=1S/C10H12FNO5S/c1-6-4-7(18(16,17)12-2-3-13)5-8(9(6)11)10(14)15/h4-5,12-13H,2-3H2,1H3,(H,14,15). The van der Waals surface area contributed by atoms with Crippen molar-refractivity contribution in [2.24, 2.45) is 0 Å². The van der Waals surface area contributed by atoms with Gasteiger partial charge in [-0.2, -0.15) is 0 Å². The van der Waals surface area contributed by atoms with Gasteiger partial charge in [0.2, 0.25) is 10.0 Å². The number of carboxylic acids is 1. The maximum absolute atomic E-state index is 13.4. The molecule has 1 aromatic carbocycles. The molecule has 0 saturated carbocycles. The Labute approximate surface area is 103 Å². The van der Waals surface area contributed by atoms with Crippen molar-refractivity contribution < 1.29 is 27.8 Å². The van der Waals surface area contributed by atoms with Crippen molar-refractivity contribution in [1.82, 2.24) is 4.72 Å². The van der Waals surface area contributed by atoms with Crippen LogP contribution in [0.5, 0.6) is 0 Å². The summed E-state index contributed by atoms with van der Waals surface area (Å²) in [6.07, 6.45) is 0. The van der Waals surface area contributed by atoms with Gasteiger partial charge in [0.1, 0.15) is 5.82 Å². The Bertz CT molecular complexity index is 570. The lowest BCUT2D eigenvalue weighted by atomic mass is 10.1. The Morgan fingerprint density at radius 3 is 2.56 bits per heavy atom. The zero-order valence-electron chi connectivity index (χ0n) is 9.47. The number of rotatable bonds is 5. The van der Waals surface area contributed by atoms with Gasteiger partial charge in [-0.25, -0.2) is 22.3 Å². The molecule has 1 rings (SSSR count). The first-order chi connectivity index (χ1) is 8.29. The van der Waals surface area contributed by atoms with Crippen LogP contribution in [-0.4, -0.2) is 37.8 Å². The highest BCUT2D eigenvalue weighted by molar-refractivity contribution is 7.89. The molecule has 8 heteroatoms. The molecule has 0 fully saturated rings. The number of hydrogen-bond acceptors (Lipinski definition) is 4. The number of aromatic carboxylic acids is 1. The average Bonchev–Trinajstić information content (AvgIpc) is 2.29. The summed E-state index contributed by atoms with van der Waals surface area (Å²) in [6, 6.07) is 1.77. The maximum atomic E-state index is 13.4. The average molecular weight is 277 g/mol. The molecular weight excluding hydrogens is 265 g/mol.